The van der Waals surface area contributed by atoms with Gasteiger partial charge >= 0.3 is 5.97 Å². The van der Waals surface area contributed by atoms with Gasteiger partial charge in [0.2, 0.25) is 5.91 Å². The summed E-state index contributed by atoms with van der Waals surface area (Å²) in [5.41, 5.74) is 1.81. The monoisotopic (exact) mass is 400 g/mol. The number of carbonyl (C=O) groups is 3. The maximum atomic E-state index is 12.8. The van der Waals surface area contributed by atoms with Gasteiger partial charge in [-0.25, -0.2) is 4.79 Å². The number of hydrogen-bond donors (Lipinski definition) is 1. The van der Waals surface area contributed by atoms with Crippen LogP contribution in [-0.2, 0) is 14.3 Å². The van der Waals surface area contributed by atoms with Crippen LogP contribution in [0.4, 0.5) is 10.7 Å². The Balaban J connectivity index is 1.73. The summed E-state index contributed by atoms with van der Waals surface area (Å²) in [5.74, 6) is -0.960. The van der Waals surface area contributed by atoms with Gasteiger partial charge in [0.1, 0.15) is 5.00 Å². The number of nitrogens with one attached hydrogen (secondary N) is 1. The number of amides is 2. The van der Waals surface area contributed by atoms with Crippen molar-refractivity contribution in [3.63, 3.8) is 0 Å². The van der Waals surface area contributed by atoms with Crippen molar-refractivity contribution in [2.45, 2.75) is 39.7 Å². The van der Waals surface area contributed by atoms with Gasteiger partial charge in [0.25, 0.3) is 5.91 Å². The summed E-state index contributed by atoms with van der Waals surface area (Å²) in [6, 6.07) is 9.16. The molecule has 1 heterocycles. The maximum Gasteiger partial charge on any atom is 0.342 e. The van der Waals surface area contributed by atoms with Crippen LogP contribution >= 0.6 is 11.3 Å². The molecule has 0 unspecified atom stereocenters. The number of para-hydroxylation sites is 1. The third kappa shape index (κ3) is 4.25. The number of anilines is 2. The average Bonchev–Trinajstić information content (AvgIpc) is 3.48. The first-order valence-corrected chi connectivity index (χ1v) is 10.1. The lowest BCUT2D eigenvalue weighted by Gasteiger charge is -2.21. The molecule has 3 rings (SSSR count). The SMILES string of the molecule is Cc1sc(NC(=O)C2CC2)c(C(=O)O[C@H](C)C(=O)N(C)c2ccccc2)c1C. The Morgan fingerprint density at radius 1 is 1.18 bits per heavy atom. The highest BCUT2D eigenvalue weighted by Gasteiger charge is 2.32. The summed E-state index contributed by atoms with van der Waals surface area (Å²) in [4.78, 5) is 40.0. The van der Waals surface area contributed by atoms with E-state index in [1.807, 2.05) is 44.2 Å². The second-order valence-electron chi connectivity index (χ2n) is 7.03. The molecule has 0 radical (unpaired) electrons. The minimum absolute atomic E-state index is 0.0339. The highest BCUT2D eigenvalue weighted by Crippen LogP contribution is 2.36. The van der Waals surface area contributed by atoms with Crippen LogP contribution in [0.3, 0.4) is 0 Å². The van der Waals surface area contributed by atoms with E-state index in [2.05, 4.69) is 5.32 Å². The Hall–Kier alpha value is -2.67. The fourth-order valence-corrected chi connectivity index (χ4v) is 3.89. The number of likely N-dealkylation sites (N-methyl/N-ethyl adjacent to an activating group) is 1. The van der Waals surface area contributed by atoms with Crippen LogP contribution in [0.15, 0.2) is 30.3 Å². The molecule has 28 heavy (non-hydrogen) atoms. The number of carbonyl (C=O) groups excluding carboxylic acids is 3. The first-order valence-electron chi connectivity index (χ1n) is 9.24. The molecule has 2 aromatic rings. The highest BCUT2D eigenvalue weighted by atomic mass is 32.1. The smallest absolute Gasteiger partial charge is 0.342 e. The van der Waals surface area contributed by atoms with Crippen LogP contribution in [0.5, 0.6) is 0 Å². The number of hydrogen-bond acceptors (Lipinski definition) is 5. The van der Waals surface area contributed by atoms with Crippen LogP contribution in [0.1, 0.15) is 40.6 Å². The Morgan fingerprint density at radius 2 is 1.82 bits per heavy atom. The molecule has 1 aromatic carbocycles. The van der Waals surface area contributed by atoms with Crippen LogP contribution in [0, 0.1) is 19.8 Å². The molecule has 1 aliphatic rings. The maximum absolute atomic E-state index is 12.8. The molecule has 1 atom stereocenters. The van der Waals surface area contributed by atoms with Crippen molar-refractivity contribution in [3.8, 4) is 0 Å². The van der Waals surface area contributed by atoms with E-state index < -0.39 is 12.1 Å². The Labute approximate surface area is 168 Å². The number of rotatable bonds is 6. The molecule has 148 valence electrons. The second kappa shape index (κ2) is 8.14. The highest BCUT2D eigenvalue weighted by molar-refractivity contribution is 7.16. The van der Waals surface area contributed by atoms with Gasteiger partial charge in [-0.3, -0.25) is 9.59 Å². The number of esters is 1. The largest absolute Gasteiger partial charge is 0.449 e. The summed E-state index contributed by atoms with van der Waals surface area (Å²) in [6.45, 7) is 5.26. The minimum Gasteiger partial charge on any atom is -0.449 e. The van der Waals surface area contributed by atoms with Crippen molar-refractivity contribution in [1.29, 1.82) is 0 Å². The Bertz CT molecular complexity index is 903. The first-order chi connectivity index (χ1) is 13.3. The molecule has 1 aromatic heterocycles. The number of thiophene rings is 1. The lowest BCUT2D eigenvalue weighted by molar-refractivity contribution is -0.126. The third-order valence-electron chi connectivity index (χ3n) is 4.88. The van der Waals surface area contributed by atoms with Crippen LogP contribution in [0.2, 0.25) is 0 Å². The normalized spacial score (nSPS) is 14.3. The molecular weight excluding hydrogens is 376 g/mol. The van der Waals surface area contributed by atoms with Gasteiger partial charge in [0.15, 0.2) is 6.10 Å². The molecule has 6 nitrogen and oxygen atoms in total. The van der Waals surface area contributed by atoms with Crippen molar-refractivity contribution < 1.29 is 19.1 Å². The van der Waals surface area contributed by atoms with E-state index in [4.69, 9.17) is 4.74 Å². The Kier molecular flexibility index (Phi) is 5.84. The summed E-state index contributed by atoms with van der Waals surface area (Å²) < 4.78 is 5.46. The van der Waals surface area contributed by atoms with Crippen molar-refractivity contribution >= 4 is 39.8 Å². The molecule has 0 spiro atoms. The predicted molar refractivity (Wildman–Crippen MR) is 110 cm³/mol. The number of nitrogens with zero attached hydrogens (tertiary/aromatic N) is 1. The van der Waals surface area contributed by atoms with E-state index in [-0.39, 0.29) is 17.7 Å². The Morgan fingerprint density at radius 3 is 2.43 bits per heavy atom. The van der Waals surface area contributed by atoms with Gasteiger partial charge < -0.3 is 15.0 Å². The average molecular weight is 401 g/mol. The topological polar surface area (TPSA) is 75.7 Å². The van der Waals surface area contributed by atoms with E-state index in [1.54, 1.807) is 14.0 Å². The number of ether oxygens (including phenoxy) is 1. The molecule has 2 amide bonds. The minimum atomic E-state index is -0.954. The van der Waals surface area contributed by atoms with Gasteiger partial charge in [0, 0.05) is 23.5 Å². The van der Waals surface area contributed by atoms with Crippen molar-refractivity contribution in [2.24, 2.45) is 5.92 Å². The predicted octanol–water partition coefficient (Wildman–Crippen LogP) is 3.92. The zero-order valence-corrected chi connectivity index (χ0v) is 17.3. The van der Waals surface area contributed by atoms with Crippen molar-refractivity contribution in [3.05, 3.63) is 46.3 Å². The molecule has 0 aliphatic heterocycles. The molecular formula is C21H24N2O4S. The standard InChI is InChI=1S/C21H24N2O4S/c1-12-14(3)28-19(22-18(24)15-10-11-15)17(12)21(26)27-13(2)20(25)23(4)16-8-6-5-7-9-16/h5-9,13,15H,10-11H2,1-4H3,(H,22,24)/t13-/m1/s1. The van der Waals surface area contributed by atoms with Gasteiger partial charge in [-0.2, -0.15) is 0 Å². The summed E-state index contributed by atoms with van der Waals surface area (Å²) in [5, 5.41) is 3.34. The quantitative estimate of drug-likeness (QED) is 0.746. The molecule has 1 fully saturated rings. The van der Waals surface area contributed by atoms with Crippen molar-refractivity contribution in [1.82, 2.24) is 0 Å². The first kappa shape index (κ1) is 20.1. The van der Waals surface area contributed by atoms with Gasteiger partial charge in [-0.15, -0.1) is 11.3 Å². The molecule has 0 bridgehead atoms. The molecule has 0 saturated heterocycles. The van der Waals surface area contributed by atoms with Crippen LogP contribution in [-0.4, -0.2) is 30.9 Å². The lowest BCUT2D eigenvalue weighted by atomic mass is 10.1. The van der Waals surface area contributed by atoms with E-state index in [0.717, 1.165) is 29.0 Å². The molecule has 1 N–H and O–H groups in total. The van der Waals surface area contributed by atoms with E-state index in [9.17, 15) is 14.4 Å². The van der Waals surface area contributed by atoms with E-state index >= 15 is 0 Å². The lowest BCUT2D eigenvalue weighted by Crippen LogP contribution is -2.37. The van der Waals surface area contributed by atoms with Gasteiger partial charge in [-0.1, -0.05) is 18.2 Å². The molecule has 7 heteroatoms. The zero-order valence-electron chi connectivity index (χ0n) is 16.4. The summed E-state index contributed by atoms with van der Waals surface area (Å²) >= 11 is 1.35. The fraction of sp³-hybridized carbons (Fsp3) is 0.381. The fourth-order valence-electron chi connectivity index (χ4n) is 2.84. The third-order valence-corrected chi connectivity index (χ3v) is 6.00. The summed E-state index contributed by atoms with van der Waals surface area (Å²) in [6.07, 6.45) is 0.808. The van der Waals surface area contributed by atoms with E-state index in [0.29, 0.717) is 10.6 Å². The van der Waals surface area contributed by atoms with E-state index in [1.165, 1.54) is 16.2 Å². The number of benzene rings is 1. The molecule has 1 aliphatic carbocycles. The van der Waals surface area contributed by atoms with Gasteiger partial charge in [0.05, 0.1) is 5.56 Å². The van der Waals surface area contributed by atoms with Crippen molar-refractivity contribution in [2.75, 3.05) is 17.3 Å². The van der Waals surface area contributed by atoms with Gasteiger partial charge in [-0.05, 0) is 51.3 Å². The van der Waals surface area contributed by atoms with Crippen LogP contribution in [0.25, 0.3) is 0 Å². The second-order valence-corrected chi connectivity index (χ2v) is 8.26. The zero-order chi connectivity index (χ0) is 20.4. The number of aryl methyl sites for hydroxylation is 1. The summed E-state index contributed by atoms with van der Waals surface area (Å²) in [7, 11) is 1.64. The molecule has 1 saturated carbocycles. The van der Waals surface area contributed by atoms with Crippen LogP contribution < -0.4 is 10.2 Å².